The van der Waals surface area contributed by atoms with Crippen LogP contribution in [-0.2, 0) is 15.6 Å². The Kier molecular flexibility index (Phi) is 3.81. The minimum absolute atomic E-state index is 0.199. The fraction of sp³-hybridized carbons (Fsp3) is 0.118. The number of hydrogen-bond donors (Lipinski definition) is 0. The minimum Gasteiger partial charge on any atom is -0.360 e. The second-order valence-electron chi connectivity index (χ2n) is 5.12. The molecule has 0 saturated heterocycles. The molecule has 0 unspecified atom stereocenters. The molecular weight excluding hydrogens is 298 g/mol. The average Bonchev–Trinajstić information content (AvgIpc) is 2.97. The highest BCUT2D eigenvalue weighted by Gasteiger charge is 2.18. The number of hydrogen-bond acceptors (Lipinski definition) is 4. The Morgan fingerprint density at radius 2 is 1.68 bits per heavy atom. The van der Waals surface area contributed by atoms with Crippen LogP contribution in [0.4, 0.5) is 0 Å². The number of nitrogens with zero attached hydrogens (tertiary/aromatic N) is 1. The maximum Gasteiger partial charge on any atom is 0.185 e. The van der Waals surface area contributed by atoms with Crippen LogP contribution < -0.4 is 0 Å². The predicted octanol–water partition coefficient (Wildman–Crippen LogP) is 3.62. The molecule has 3 aromatic rings. The Morgan fingerprint density at radius 1 is 1.00 bits per heavy atom. The van der Waals surface area contributed by atoms with E-state index in [2.05, 4.69) is 5.16 Å². The van der Waals surface area contributed by atoms with E-state index in [-0.39, 0.29) is 10.6 Å². The van der Waals surface area contributed by atoms with Gasteiger partial charge in [-0.25, -0.2) is 8.42 Å². The first-order valence-corrected chi connectivity index (χ1v) is 8.50. The Labute approximate surface area is 129 Å². The SMILES string of the molecule is Cc1ccc(-c2cc(CS(=O)(=O)c3ccccc3)on2)cc1. The van der Waals surface area contributed by atoms with Crippen LogP contribution in [0.1, 0.15) is 11.3 Å². The summed E-state index contributed by atoms with van der Waals surface area (Å²) in [6.45, 7) is 2.00. The zero-order valence-corrected chi connectivity index (χ0v) is 12.9. The molecule has 0 spiro atoms. The molecule has 2 aromatic carbocycles. The third-order valence-electron chi connectivity index (χ3n) is 3.34. The lowest BCUT2D eigenvalue weighted by atomic mass is 10.1. The van der Waals surface area contributed by atoms with Crippen LogP contribution in [-0.4, -0.2) is 13.6 Å². The highest BCUT2D eigenvalue weighted by molar-refractivity contribution is 7.90. The van der Waals surface area contributed by atoms with E-state index < -0.39 is 9.84 Å². The van der Waals surface area contributed by atoms with Crippen LogP contribution in [0.25, 0.3) is 11.3 Å². The molecule has 4 nitrogen and oxygen atoms in total. The van der Waals surface area contributed by atoms with E-state index in [0.29, 0.717) is 11.5 Å². The zero-order chi connectivity index (χ0) is 15.6. The summed E-state index contributed by atoms with van der Waals surface area (Å²) in [6.07, 6.45) is 0. The summed E-state index contributed by atoms with van der Waals surface area (Å²) in [6, 6.07) is 17.8. The molecule has 0 aliphatic heterocycles. The molecule has 5 heteroatoms. The van der Waals surface area contributed by atoms with E-state index in [1.807, 2.05) is 31.2 Å². The molecule has 1 aromatic heterocycles. The van der Waals surface area contributed by atoms with Crippen LogP contribution in [0.5, 0.6) is 0 Å². The molecule has 0 fully saturated rings. The number of aromatic nitrogens is 1. The van der Waals surface area contributed by atoms with Crippen LogP contribution in [0.3, 0.4) is 0 Å². The summed E-state index contributed by atoms with van der Waals surface area (Å²) in [5.41, 5.74) is 2.69. The van der Waals surface area contributed by atoms with Gasteiger partial charge < -0.3 is 4.52 Å². The van der Waals surface area contributed by atoms with Crippen molar-refractivity contribution >= 4 is 9.84 Å². The molecule has 0 amide bonds. The molecule has 22 heavy (non-hydrogen) atoms. The van der Waals surface area contributed by atoms with Gasteiger partial charge in [-0.2, -0.15) is 0 Å². The summed E-state index contributed by atoms with van der Waals surface area (Å²) < 4.78 is 29.8. The molecule has 3 rings (SSSR count). The first kappa shape index (κ1) is 14.5. The quantitative estimate of drug-likeness (QED) is 0.738. The van der Waals surface area contributed by atoms with Gasteiger partial charge in [-0.15, -0.1) is 0 Å². The zero-order valence-electron chi connectivity index (χ0n) is 12.1. The number of sulfone groups is 1. The number of rotatable bonds is 4. The molecule has 1 heterocycles. The predicted molar refractivity (Wildman–Crippen MR) is 84.0 cm³/mol. The van der Waals surface area contributed by atoms with Crippen molar-refractivity contribution in [3.63, 3.8) is 0 Å². The van der Waals surface area contributed by atoms with Gasteiger partial charge in [0.2, 0.25) is 0 Å². The Balaban J connectivity index is 1.84. The second kappa shape index (κ2) is 5.77. The average molecular weight is 313 g/mol. The molecule has 0 bridgehead atoms. The smallest absolute Gasteiger partial charge is 0.185 e. The Hall–Kier alpha value is -2.40. The minimum atomic E-state index is -3.42. The topological polar surface area (TPSA) is 60.2 Å². The van der Waals surface area contributed by atoms with Crippen LogP contribution in [0.2, 0.25) is 0 Å². The molecule has 0 radical (unpaired) electrons. The number of aryl methyl sites for hydroxylation is 1. The lowest BCUT2D eigenvalue weighted by Gasteiger charge is -2.00. The van der Waals surface area contributed by atoms with Gasteiger partial charge in [-0.05, 0) is 19.1 Å². The highest BCUT2D eigenvalue weighted by Crippen LogP contribution is 2.22. The van der Waals surface area contributed by atoms with Gasteiger partial charge in [0.05, 0.1) is 4.90 Å². The first-order valence-electron chi connectivity index (χ1n) is 6.85. The van der Waals surface area contributed by atoms with Gasteiger partial charge in [0.15, 0.2) is 15.6 Å². The largest absolute Gasteiger partial charge is 0.360 e. The van der Waals surface area contributed by atoms with Crippen molar-refractivity contribution in [2.24, 2.45) is 0 Å². The van der Waals surface area contributed by atoms with E-state index in [1.54, 1.807) is 36.4 Å². The third kappa shape index (κ3) is 3.09. The van der Waals surface area contributed by atoms with Crippen LogP contribution in [0.15, 0.2) is 70.1 Å². The van der Waals surface area contributed by atoms with Gasteiger partial charge >= 0.3 is 0 Å². The van der Waals surface area contributed by atoms with Crippen molar-refractivity contribution in [1.82, 2.24) is 5.16 Å². The molecule has 112 valence electrons. The second-order valence-corrected chi connectivity index (χ2v) is 7.11. The van der Waals surface area contributed by atoms with Crippen molar-refractivity contribution in [3.8, 4) is 11.3 Å². The molecule has 0 aliphatic rings. The first-order chi connectivity index (χ1) is 10.5. The fourth-order valence-corrected chi connectivity index (χ4v) is 3.39. The van der Waals surface area contributed by atoms with Gasteiger partial charge in [-0.3, -0.25) is 0 Å². The Morgan fingerprint density at radius 3 is 2.36 bits per heavy atom. The van der Waals surface area contributed by atoms with Crippen molar-refractivity contribution in [3.05, 3.63) is 72.0 Å². The van der Waals surface area contributed by atoms with Crippen LogP contribution in [0, 0.1) is 6.92 Å². The maximum absolute atomic E-state index is 12.3. The molecule has 0 N–H and O–H groups in total. The van der Waals surface area contributed by atoms with E-state index in [1.165, 1.54) is 0 Å². The Bertz CT molecular complexity index is 866. The van der Waals surface area contributed by atoms with E-state index in [4.69, 9.17) is 4.52 Å². The lowest BCUT2D eigenvalue weighted by Crippen LogP contribution is -2.03. The summed E-state index contributed by atoms with van der Waals surface area (Å²) in [7, 11) is -3.42. The molecule has 0 atom stereocenters. The lowest BCUT2D eigenvalue weighted by molar-refractivity contribution is 0.395. The maximum atomic E-state index is 12.3. The molecule has 0 aliphatic carbocycles. The van der Waals surface area contributed by atoms with Crippen molar-refractivity contribution < 1.29 is 12.9 Å². The van der Waals surface area contributed by atoms with E-state index in [0.717, 1.165) is 11.1 Å². The summed E-state index contributed by atoms with van der Waals surface area (Å²) >= 11 is 0. The third-order valence-corrected chi connectivity index (χ3v) is 5.00. The molecular formula is C17H15NO3S. The summed E-state index contributed by atoms with van der Waals surface area (Å²) in [5, 5.41) is 3.95. The monoisotopic (exact) mass is 313 g/mol. The van der Waals surface area contributed by atoms with E-state index in [9.17, 15) is 8.42 Å². The standard InChI is InChI=1S/C17H15NO3S/c1-13-7-9-14(10-8-13)17-11-15(21-18-17)12-22(19,20)16-5-3-2-4-6-16/h2-11H,12H2,1H3. The summed E-state index contributed by atoms with van der Waals surface area (Å²) in [5.74, 6) is 0.134. The summed E-state index contributed by atoms with van der Waals surface area (Å²) in [4.78, 5) is 0.281. The normalized spacial score (nSPS) is 11.5. The van der Waals surface area contributed by atoms with Crippen molar-refractivity contribution in [2.45, 2.75) is 17.6 Å². The van der Waals surface area contributed by atoms with Crippen molar-refractivity contribution in [2.75, 3.05) is 0 Å². The molecule has 0 saturated carbocycles. The number of benzene rings is 2. The van der Waals surface area contributed by atoms with Gasteiger partial charge in [-0.1, -0.05) is 53.2 Å². The van der Waals surface area contributed by atoms with E-state index >= 15 is 0 Å². The fourth-order valence-electron chi connectivity index (χ4n) is 2.14. The van der Waals surface area contributed by atoms with Gasteiger partial charge in [0.25, 0.3) is 0 Å². The highest BCUT2D eigenvalue weighted by atomic mass is 32.2. The van der Waals surface area contributed by atoms with Gasteiger partial charge in [0, 0.05) is 11.6 Å². The van der Waals surface area contributed by atoms with Gasteiger partial charge in [0.1, 0.15) is 11.4 Å². The van der Waals surface area contributed by atoms with Crippen LogP contribution >= 0.6 is 0 Å². The van der Waals surface area contributed by atoms with Crippen molar-refractivity contribution in [1.29, 1.82) is 0 Å².